The van der Waals surface area contributed by atoms with E-state index < -0.39 is 0 Å². The number of nitrogens with zero attached hydrogens (tertiary/aromatic N) is 1. The first-order chi connectivity index (χ1) is 10.8. The summed E-state index contributed by atoms with van der Waals surface area (Å²) in [4.78, 5) is 0. The molecule has 0 spiro atoms. The first-order valence-corrected chi connectivity index (χ1v) is 7.90. The average Bonchev–Trinajstić information content (AvgIpc) is 2.62. The van der Waals surface area contributed by atoms with Gasteiger partial charge in [-0.1, -0.05) is 72.7 Å². The number of oxime groups is 1. The van der Waals surface area contributed by atoms with Gasteiger partial charge in [-0.2, -0.15) is 0 Å². The number of piperidine rings is 1. The summed E-state index contributed by atoms with van der Waals surface area (Å²) in [5.74, 6) is 0.229. The SMILES string of the molecule is CC[C@@H]1/C(=N\O)C[C@H](c2ccccc2)N[C@H]1c1ccccc1. The molecule has 1 aliphatic heterocycles. The summed E-state index contributed by atoms with van der Waals surface area (Å²) in [5.41, 5.74) is 3.37. The van der Waals surface area contributed by atoms with Crippen LogP contribution in [-0.4, -0.2) is 10.9 Å². The van der Waals surface area contributed by atoms with Crippen LogP contribution in [0.15, 0.2) is 65.8 Å². The monoisotopic (exact) mass is 294 g/mol. The Balaban J connectivity index is 1.95. The van der Waals surface area contributed by atoms with Crippen LogP contribution >= 0.6 is 0 Å². The van der Waals surface area contributed by atoms with Crippen molar-refractivity contribution in [1.29, 1.82) is 0 Å². The highest BCUT2D eigenvalue weighted by Gasteiger charge is 2.35. The summed E-state index contributed by atoms with van der Waals surface area (Å²) < 4.78 is 0. The molecule has 2 aromatic rings. The fourth-order valence-electron chi connectivity index (χ4n) is 3.42. The van der Waals surface area contributed by atoms with Crippen LogP contribution < -0.4 is 5.32 Å². The molecule has 0 bridgehead atoms. The van der Waals surface area contributed by atoms with Crippen molar-refractivity contribution in [3.05, 3.63) is 71.8 Å². The molecule has 3 heteroatoms. The minimum Gasteiger partial charge on any atom is -0.411 e. The molecule has 2 aromatic carbocycles. The van der Waals surface area contributed by atoms with E-state index in [1.807, 2.05) is 12.1 Å². The summed E-state index contributed by atoms with van der Waals surface area (Å²) in [6.45, 7) is 2.15. The average molecular weight is 294 g/mol. The molecule has 2 N–H and O–H groups in total. The lowest BCUT2D eigenvalue weighted by molar-refractivity contribution is 0.287. The maximum atomic E-state index is 9.48. The maximum absolute atomic E-state index is 9.48. The molecule has 0 radical (unpaired) electrons. The summed E-state index contributed by atoms with van der Waals surface area (Å²) in [5, 5.41) is 16.9. The van der Waals surface area contributed by atoms with Crippen molar-refractivity contribution < 1.29 is 5.21 Å². The normalized spacial score (nSPS) is 27.0. The van der Waals surface area contributed by atoms with Crippen molar-refractivity contribution in [2.45, 2.75) is 31.8 Å². The van der Waals surface area contributed by atoms with Gasteiger partial charge in [0.25, 0.3) is 0 Å². The van der Waals surface area contributed by atoms with Crippen LogP contribution in [0.4, 0.5) is 0 Å². The Hall–Kier alpha value is -2.13. The number of hydrogen-bond acceptors (Lipinski definition) is 3. The van der Waals surface area contributed by atoms with Gasteiger partial charge >= 0.3 is 0 Å². The largest absolute Gasteiger partial charge is 0.411 e. The Morgan fingerprint density at radius 2 is 1.59 bits per heavy atom. The second-order valence-electron chi connectivity index (χ2n) is 5.83. The molecule has 22 heavy (non-hydrogen) atoms. The van der Waals surface area contributed by atoms with Gasteiger partial charge < -0.3 is 10.5 Å². The topological polar surface area (TPSA) is 44.6 Å². The van der Waals surface area contributed by atoms with Crippen LogP contribution in [0, 0.1) is 5.92 Å². The van der Waals surface area contributed by atoms with E-state index in [9.17, 15) is 5.21 Å². The molecule has 0 aliphatic carbocycles. The fraction of sp³-hybridized carbons (Fsp3) is 0.316. The van der Waals surface area contributed by atoms with Crippen molar-refractivity contribution in [2.75, 3.05) is 0 Å². The van der Waals surface area contributed by atoms with Crippen LogP contribution in [0.3, 0.4) is 0 Å². The molecule has 3 rings (SSSR count). The first kappa shape index (κ1) is 14.8. The number of nitrogens with one attached hydrogen (secondary N) is 1. The zero-order valence-corrected chi connectivity index (χ0v) is 12.8. The molecule has 1 aliphatic rings. The van der Waals surface area contributed by atoms with Gasteiger partial charge in [-0.15, -0.1) is 0 Å². The minimum atomic E-state index is 0.177. The molecule has 0 aromatic heterocycles. The van der Waals surface area contributed by atoms with Gasteiger partial charge in [-0.3, -0.25) is 0 Å². The van der Waals surface area contributed by atoms with Gasteiger partial charge in [0.15, 0.2) is 0 Å². The predicted octanol–water partition coefficient (Wildman–Crippen LogP) is 4.32. The zero-order chi connectivity index (χ0) is 15.4. The molecule has 3 atom stereocenters. The van der Waals surface area contributed by atoms with E-state index in [4.69, 9.17) is 0 Å². The Kier molecular flexibility index (Phi) is 4.54. The van der Waals surface area contributed by atoms with Gasteiger partial charge in [0.1, 0.15) is 0 Å². The van der Waals surface area contributed by atoms with E-state index in [1.165, 1.54) is 11.1 Å². The Bertz CT molecular complexity index is 624. The van der Waals surface area contributed by atoms with Crippen molar-refractivity contribution in [1.82, 2.24) is 5.32 Å². The molecule has 0 saturated carbocycles. The van der Waals surface area contributed by atoms with Crippen molar-refractivity contribution in [3.8, 4) is 0 Å². The van der Waals surface area contributed by atoms with Gasteiger partial charge in [-0.05, 0) is 17.5 Å². The minimum absolute atomic E-state index is 0.177. The summed E-state index contributed by atoms with van der Waals surface area (Å²) in [7, 11) is 0. The van der Waals surface area contributed by atoms with Crippen molar-refractivity contribution in [3.63, 3.8) is 0 Å². The summed E-state index contributed by atoms with van der Waals surface area (Å²) in [6, 6.07) is 21.2. The third-order valence-electron chi connectivity index (χ3n) is 4.55. The molecule has 3 nitrogen and oxygen atoms in total. The third kappa shape index (κ3) is 2.90. The lowest BCUT2D eigenvalue weighted by Gasteiger charge is -2.38. The Morgan fingerprint density at radius 3 is 2.14 bits per heavy atom. The maximum Gasteiger partial charge on any atom is 0.0639 e. The quantitative estimate of drug-likeness (QED) is 0.654. The van der Waals surface area contributed by atoms with Crippen LogP contribution in [0.1, 0.15) is 43.0 Å². The van der Waals surface area contributed by atoms with Gasteiger partial charge in [0.2, 0.25) is 0 Å². The van der Waals surface area contributed by atoms with Crippen molar-refractivity contribution >= 4 is 5.71 Å². The van der Waals surface area contributed by atoms with Crippen molar-refractivity contribution in [2.24, 2.45) is 11.1 Å². The summed E-state index contributed by atoms with van der Waals surface area (Å²) in [6.07, 6.45) is 1.70. The van der Waals surface area contributed by atoms with Crippen LogP contribution in [0.5, 0.6) is 0 Å². The molecule has 0 amide bonds. The molecular weight excluding hydrogens is 272 g/mol. The van der Waals surface area contributed by atoms with Crippen LogP contribution in [0.25, 0.3) is 0 Å². The molecule has 114 valence electrons. The van der Waals surface area contributed by atoms with E-state index in [2.05, 4.69) is 65.9 Å². The highest BCUT2D eigenvalue weighted by atomic mass is 16.4. The first-order valence-electron chi connectivity index (χ1n) is 7.90. The van der Waals surface area contributed by atoms with Crippen LogP contribution in [0.2, 0.25) is 0 Å². The second kappa shape index (κ2) is 6.75. The Morgan fingerprint density at radius 1 is 1.00 bits per heavy atom. The third-order valence-corrected chi connectivity index (χ3v) is 4.55. The Labute approximate surface area is 131 Å². The molecule has 1 fully saturated rings. The summed E-state index contributed by atoms with van der Waals surface area (Å²) >= 11 is 0. The highest BCUT2D eigenvalue weighted by molar-refractivity contribution is 5.88. The van der Waals surface area contributed by atoms with Crippen LogP contribution in [-0.2, 0) is 0 Å². The number of benzene rings is 2. The molecule has 1 heterocycles. The van der Waals surface area contributed by atoms with E-state index in [-0.39, 0.29) is 18.0 Å². The van der Waals surface area contributed by atoms with Gasteiger partial charge in [0, 0.05) is 24.4 Å². The van der Waals surface area contributed by atoms with E-state index in [0.29, 0.717) is 0 Å². The van der Waals surface area contributed by atoms with Gasteiger partial charge in [0.05, 0.1) is 5.71 Å². The highest BCUT2D eigenvalue weighted by Crippen LogP contribution is 2.36. The lowest BCUT2D eigenvalue weighted by Crippen LogP contribution is -2.42. The zero-order valence-electron chi connectivity index (χ0n) is 12.8. The number of hydrogen-bond donors (Lipinski definition) is 2. The molecule has 1 saturated heterocycles. The van der Waals surface area contributed by atoms with E-state index in [1.54, 1.807) is 0 Å². The predicted molar refractivity (Wildman–Crippen MR) is 89.1 cm³/mol. The lowest BCUT2D eigenvalue weighted by atomic mass is 9.79. The standard InChI is InChI=1S/C19H22N2O/c1-2-16-18(21-22)13-17(14-9-5-3-6-10-14)20-19(16)15-11-7-4-8-12-15/h3-12,16-17,19-20,22H,2,13H2,1H3/b21-18-/t16-,17-,19+/m1/s1. The van der Waals surface area contributed by atoms with E-state index >= 15 is 0 Å². The molecular formula is C19H22N2O. The smallest absolute Gasteiger partial charge is 0.0639 e. The number of rotatable bonds is 3. The second-order valence-corrected chi connectivity index (χ2v) is 5.83. The molecule has 0 unspecified atom stereocenters. The van der Waals surface area contributed by atoms with E-state index in [0.717, 1.165) is 18.6 Å². The van der Waals surface area contributed by atoms with Gasteiger partial charge in [-0.25, -0.2) is 0 Å². The fourth-order valence-corrected chi connectivity index (χ4v) is 3.42.